The van der Waals surface area contributed by atoms with E-state index in [-0.39, 0.29) is 5.92 Å². The highest BCUT2D eigenvalue weighted by molar-refractivity contribution is 5.79. The lowest BCUT2D eigenvalue weighted by molar-refractivity contribution is -0.141. The molecule has 17 heavy (non-hydrogen) atoms. The predicted molar refractivity (Wildman–Crippen MR) is 69.8 cm³/mol. The van der Waals surface area contributed by atoms with Crippen molar-refractivity contribution in [3.63, 3.8) is 0 Å². The molecule has 0 radical (unpaired) electrons. The summed E-state index contributed by atoms with van der Waals surface area (Å²) in [4.78, 5) is 14.8. The number of rotatable bonds is 2. The zero-order valence-electron chi connectivity index (χ0n) is 11.2. The molecule has 0 bridgehead atoms. The SMILES string of the molecule is CC(C)C1CCCCN1C(=O)C1CCNCC1. The van der Waals surface area contributed by atoms with E-state index in [9.17, 15) is 4.79 Å². The Morgan fingerprint density at radius 1 is 1.18 bits per heavy atom. The van der Waals surface area contributed by atoms with Gasteiger partial charge in [-0.1, -0.05) is 13.8 Å². The van der Waals surface area contributed by atoms with Gasteiger partial charge in [0.25, 0.3) is 0 Å². The Labute approximate surface area is 105 Å². The van der Waals surface area contributed by atoms with Gasteiger partial charge in [0.15, 0.2) is 0 Å². The van der Waals surface area contributed by atoms with Crippen LogP contribution in [0.1, 0.15) is 46.0 Å². The maximum absolute atomic E-state index is 12.6. The van der Waals surface area contributed by atoms with Crippen molar-refractivity contribution in [2.24, 2.45) is 11.8 Å². The highest BCUT2D eigenvalue weighted by atomic mass is 16.2. The molecule has 0 aliphatic carbocycles. The zero-order chi connectivity index (χ0) is 12.3. The number of nitrogens with zero attached hydrogens (tertiary/aromatic N) is 1. The lowest BCUT2D eigenvalue weighted by Crippen LogP contribution is -2.50. The van der Waals surface area contributed by atoms with Crippen molar-refractivity contribution in [2.45, 2.75) is 52.0 Å². The van der Waals surface area contributed by atoms with Gasteiger partial charge in [-0.05, 0) is 51.1 Å². The molecule has 2 rings (SSSR count). The molecule has 98 valence electrons. The molecule has 0 aromatic carbocycles. The highest BCUT2D eigenvalue weighted by Crippen LogP contribution is 2.26. The van der Waals surface area contributed by atoms with Gasteiger partial charge in [-0.15, -0.1) is 0 Å². The summed E-state index contributed by atoms with van der Waals surface area (Å²) in [5, 5.41) is 3.34. The minimum absolute atomic E-state index is 0.288. The Morgan fingerprint density at radius 3 is 2.53 bits per heavy atom. The third kappa shape index (κ3) is 3.01. The van der Waals surface area contributed by atoms with Crippen LogP contribution in [0, 0.1) is 11.8 Å². The summed E-state index contributed by atoms with van der Waals surface area (Å²) in [6.45, 7) is 7.51. The van der Waals surface area contributed by atoms with Gasteiger partial charge < -0.3 is 10.2 Å². The van der Waals surface area contributed by atoms with Gasteiger partial charge in [0, 0.05) is 18.5 Å². The third-order valence-electron chi connectivity index (χ3n) is 4.29. The first-order valence-electron chi connectivity index (χ1n) is 7.21. The van der Waals surface area contributed by atoms with Gasteiger partial charge in [-0.3, -0.25) is 4.79 Å². The summed E-state index contributed by atoms with van der Waals surface area (Å²) < 4.78 is 0. The molecule has 1 unspecified atom stereocenters. The maximum atomic E-state index is 12.6. The van der Waals surface area contributed by atoms with Crippen LogP contribution in [-0.4, -0.2) is 36.5 Å². The summed E-state index contributed by atoms with van der Waals surface area (Å²) >= 11 is 0. The molecular weight excluding hydrogens is 212 g/mol. The van der Waals surface area contributed by atoms with Crippen LogP contribution in [0.3, 0.4) is 0 Å². The molecule has 2 aliphatic heterocycles. The molecule has 2 aliphatic rings. The lowest BCUT2D eigenvalue weighted by atomic mass is 9.89. The third-order valence-corrected chi connectivity index (χ3v) is 4.29. The lowest BCUT2D eigenvalue weighted by Gasteiger charge is -2.40. The minimum atomic E-state index is 0.288. The monoisotopic (exact) mass is 238 g/mol. The molecular formula is C14H26N2O. The van der Waals surface area contributed by atoms with Crippen molar-refractivity contribution in [3.05, 3.63) is 0 Å². The fraction of sp³-hybridized carbons (Fsp3) is 0.929. The number of nitrogens with one attached hydrogen (secondary N) is 1. The van der Waals surface area contributed by atoms with Crippen LogP contribution in [0.4, 0.5) is 0 Å². The summed E-state index contributed by atoms with van der Waals surface area (Å²) in [5.41, 5.74) is 0. The molecule has 0 spiro atoms. The first-order valence-corrected chi connectivity index (χ1v) is 7.21. The van der Waals surface area contributed by atoms with E-state index in [0.29, 0.717) is 17.9 Å². The number of carbonyl (C=O) groups excluding carboxylic acids is 1. The second-order valence-electron chi connectivity index (χ2n) is 5.86. The van der Waals surface area contributed by atoms with Crippen LogP contribution in [-0.2, 0) is 4.79 Å². The quantitative estimate of drug-likeness (QED) is 0.798. The number of amides is 1. The summed E-state index contributed by atoms with van der Waals surface area (Å²) in [6, 6.07) is 0.492. The Kier molecular flexibility index (Phi) is 4.43. The molecule has 1 N–H and O–H groups in total. The van der Waals surface area contributed by atoms with Crippen molar-refractivity contribution in [1.29, 1.82) is 0 Å². The Hall–Kier alpha value is -0.570. The highest BCUT2D eigenvalue weighted by Gasteiger charge is 2.33. The van der Waals surface area contributed by atoms with E-state index in [1.54, 1.807) is 0 Å². The number of carbonyl (C=O) groups is 1. The van der Waals surface area contributed by atoms with Crippen molar-refractivity contribution in [3.8, 4) is 0 Å². The summed E-state index contributed by atoms with van der Waals surface area (Å²) in [7, 11) is 0. The normalized spacial score (nSPS) is 27.5. The van der Waals surface area contributed by atoms with E-state index in [1.165, 1.54) is 19.3 Å². The second-order valence-corrected chi connectivity index (χ2v) is 5.86. The first kappa shape index (κ1) is 12.9. The second kappa shape index (κ2) is 5.85. The number of likely N-dealkylation sites (tertiary alicyclic amines) is 1. The van der Waals surface area contributed by atoms with Gasteiger partial charge >= 0.3 is 0 Å². The molecule has 2 fully saturated rings. The molecule has 1 amide bonds. The van der Waals surface area contributed by atoms with Gasteiger partial charge in [0.2, 0.25) is 5.91 Å². The number of hydrogen-bond donors (Lipinski definition) is 1. The van der Waals surface area contributed by atoms with E-state index >= 15 is 0 Å². The summed E-state index contributed by atoms with van der Waals surface area (Å²) in [6.07, 6.45) is 5.74. The average Bonchev–Trinajstić information content (AvgIpc) is 2.39. The van der Waals surface area contributed by atoms with E-state index < -0.39 is 0 Å². The van der Waals surface area contributed by atoms with Crippen molar-refractivity contribution < 1.29 is 4.79 Å². The van der Waals surface area contributed by atoms with Gasteiger partial charge in [-0.2, -0.15) is 0 Å². The molecule has 0 aromatic rings. The van der Waals surface area contributed by atoms with Crippen LogP contribution in [0.5, 0.6) is 0 Å². The number of piperidine rings is 2. The number of hydrogen-bond acceptors (Lipinski definition) is 2. The topological polar surface area (TPSA) is 32.3 Å². The van der Waals surface area contributed by atoms with Crippen molar-refractivity contribution in [2.75, 3.05) is 19.6 Å². The van der Waals surface area contributed by atoms with E-state index in [0.717, 1.165) is 32.5 Å². The largest absolute Gasteiger partial charge is 0.339 e. The predicted octanol–water partition coefficient (Wildman–Crippen LogP) is 2.02. The van der Waals surface area contributed by atoms with E-state index in [1.807, 2.05) is 0 Å². The van der Waals surface area contributed by atoms with Gasteiger partial charge in [0.1, 0.15) is 0 Å². The molecule has 2 saturated heterocycles. The maximum Gasteiger partial charge on any atom is 0.226 e. The molecule has 2 heterocycles. The first-order chi connectivity index (χ1) is 8.20. The van der Waals surface area contributed by atoms with Crippen LogP contribution in [0.2, 0.25) is 0 Å². The molecule has 1 atom stereocenters. The molecule has 3 heteroatoms. The van der Waals surface area contributed by atoms with Gasteiger partial charge in [-0.25, -0.2) is 0 Å². The van der Waals surface area contributed by atoms with E-state index in [2.05, 4.69) is 24.1 Å². The van der Waals surface area contributed by atoms with Crippen LogP contribution >= 0.6 is 0 Å². The average molecular weight is 238 g/mol. The standard InChI is InChI=1S/C14H26N2O/c1-11(2)13-5-3-4-10-16(13)14(17)12-6-8-15-9-7-12/h11-13,15H,3-10H2,1-2H3. The molecule has 0 saturated carbocycles. The summed E-state index contributed by atoms with van der Waals surface area (Å²) in [5.74, 6) is 1.32. The van der Waals surface area contributed by atoms with Crippen molar-refractivity contribution >= 4 is 5.91 Å². The van der Waals surface area contributed by atoms with Gasteiger partial charge in [0.05, 0.1) is 0 Å². The molecule has 3 nitrogen and oxygen atoms in total. The Balaban J connectivity index is 1.99. The van der Waals surface area contributed by atoms with Crippen LogP contribution in [0.15, 0.2) is 0 Å². The van der Waals surface area contributed by atoms with E-state index in [4.69, 9.17) is 0 Å². The molecule has 0 aromatic heterocycles. The van der Waals surface area contributed by atoms with Crippen molar-refractivity contribution in [1.82, 2.24) is 10.2 Å². The fourth-order valence-corrected chi connectivity index (χ4v) is 3.23. The fourth-order valence-electron chi connectivity index (χ4n) is 3.23. The van der Waals surface area contributed by atoms with Crippen LogP contribution < -0.4 is 5.32 Å². The zero-order valence-corrected chi connectivity index (χ0v) is 11.2. The Bertz CT molecular complexity index is 259. The van der Waals surface area contributed by atoms with Crippen LogP contribution in [0.25, 0.3) is 0 Å². The Morgan fingerprint density at radius 2 is 1.88 bits per heavy atom. The minimum Gasteiger partial charge on any atom is -0.339 e. The smallest absolute Gasteiger partial charge is 0.226 e.